The number of nitro benzene ring substituents is 1. The van der Waals surface area contributed by atoms with Crippen molar-refractivity contribution in [3.63, 3.8) is 0 Å². The van der Waals surface area contributed by atoms with Crippen molar-refractivity contribution in [2.75, 3.05) is 0 Å². The highest BCUT2D eigenvalue weighted by Gasteiger charge is 2.42. The quantitative estimate of drug-likeness (QED) is 0.550. The Balaban J connectivity index is 2.16. The number of nitrogens with zero attached hydrogens (tertiary/aromatic N) is 1. The first-order chi connectivity index (χ1) is 12.1. The van der Waals surface area contributed by atoms with Gasteiger partial charge in [0.05, 0.1) is 15.0 Å². The number of amides is 1. The summed E-state index contributed by atoms with van der Waals surface area (Å²) < 4.78 is 44.5. The highest BCUT2D eigenvalue weighted by atomic mass is 35.5. The molecule has 6 nitrogen and oxygen atoms in total. The standard InChI is InChI=1S/C15H9Cl2F3N2O4/c16-11-6-1-8(7-12(11)17)13(15(18,19)20)21-14(23)26-10-4-2-9(3-5-10)22(24)25/h1-7,13H,(H,21,23). The molecule has 26 heavy (non-hydrogen) atoms. The molecule has 0 saturated heterocycles. The van der Waals surface area contributed by atoms with E-state index in [-0.39, 0.29) is 27.0 Å². The zero-order chi connectivity index (χ0) is 19.5. The SMILES string of the molecule is O=C(NC(c1ccc(Cl)c(Cl)c1)C(F)(F)F)Oc1ccc([N+](=O)[O-])cc1. The molecule has 0 saturated carbocycles. The second-order valence-electron chi connectivity index (χ2n) is 4.93. The predicted molar refractivity (Wildman–Crippen MR) is 87.5 cm³/mol. The molecule has 2 aromatic rings. The monoisotopic (exact) mass is 408 g/mol. The number of benzene rings is 2. The van der Waals surface area contributed by atoms with Crippen molar-refractivity contribution in [1.29, 1.82) is 0 Å². The summed E-state index contributed by atoms with van der Waals surface area (Å²) in [6, 6.07) is 5.08. The molecule has 0 heterocycles. The summed E-state index contributed by atoms with van der Waals surface area (Å²) >= 11 is 11.4. The second kappa shape index (κ2) is 7.79. The summed E-state index contributed by atoms with van der Waals surface area (Å²) in [5.41, 5.74) is -0.603. The van der Waals surface area contributed by atoms with E-state index in [0.29, 0.717) is 0 Å². The van der Waals surface area contributed by atoms with Crippen LogP contribution in [0, 0.1) is 10.1 Å². The number of carbonyl (C=O) groups excluding carboxylic acids is 1. The van der Waals surface area contributed by atoms with Crippen molar-refractivity contribution in [1.82, 2.24) is 5.32 Å². The van der Waals surface area contributed by atoms with E-state index in [1.807, 2.05) is 0 Å². The van der Waals surface area contributed by atoms with Crippen LogP contribution in [0.5, 0.6) is 5.75 Å². The number of carbonyl (C=O) groups is 1. The van der Waals surface area contributed by atoms with Crippen LogP contribution in [-0.2, 0) is 0 Å². The molecule has 0 bridgehead atoms. The summed E-state index contributed by atoms with van der Waals surface area (Å²) in [6.45, 7) is 0. The molecular weight excluding hydrogens is 400 g/mol. The number of halogens is 5. The maximum Gasteiger partial charge on any atom is 0.413 e. The van der Waals surface area contributed by atoms with Gasteiger partial charge in [-0.1, -0.05) is 29.3 Å². The Hall–Kier alpha value is -2.52. The maximum absolute atomic E-state index is 13.3. The van der Waals surface area contributed by atoms with Crippen molar-refractivity contribution < 1.29 is 27.6 Å². The van der Waals surface area contributed by atoms with Crippen molar-refractivity contribution in [2.45, 2.75) is 12.2 Å². The zero-order valence-corrected chi connectivity index (χ0v) is 14.1. The predicted octanol–water partition coefficient (Wildman–Crippen LogP) is 5.29. The molecule has 11 heteroatoms. The number of rotatable bonds is 4. The molecule has 0 aliphatic carbocycles. The average Bonchev–Trinajstić information content (AvgIpc) is 2.55. The van der Waals surface area contributed by atoms with Crippen LogP contribution >= 0.6 is 23.2 Å². The van der Waals surface area contributed by atoms with Gasteiger partial charge in [-0.2, -0.15) is 13.2 Å². The van der Waals surface area contributed by atoms with Crippen molar-refractivity contribution in [3.8, 4) is 5.75 Å². The topological polar surface area (TPSA) is 81.5 Å². The maximum atomic E-state index is 13.3. The second-order valence-corrected chi connectivity index (χ2v) is 5.75. The van der Waals surface area contributed by atoms with E-state index in [2.05, 4.69) is 0 Å². The van der Waals surface area contributed by atoms with Crippen LogP contribution in [0.1, 0.15) is 11.6 Å². The fourth-order valence-electron chi connectivity index (χ4n) is 1.94. The lowest BCUT2D eigenvalue weighted by atomic mass is 10.1. The third kappa shape index (κ3) is 4.99. The fourth-order valence-corrected chi connectivity index (χ4v) is 2.24. The molecule has 2 rings (SSSR count). The first-order valence-corrected chi connectivity index (χ1v) is 7.58. The smallest absolute Gasteiger partial charge is 0.410 e. The van der Waals surface area contributed by atoms with Gasteiger partial charge in [-0.05, 0) is 29.8 Å². The molecule has 138 valence electrons. The van der Waals surface area contributed by atoms with E-state index in [9.17, 15) is 28.1 Å². The molecule has 1 unspecified atom stereocenters. The molecule has 0 spiro atoms. The van der Waals surface area contributed by atoms with Crippen molar-refractivity contribution in [3.05, 3.63) is 68.2 Å². The van der Waals surface area contributed by atoms with E-state index >= 15 is 0 Å². The minimum absolute atomic E-state index is 0.0600. The number of hydrogen-bond acceptors (Lipinski definition) is 4. The van der Waals surface area contributed by atoms with Crippen LogP contribution in [0.25, 0.3) is 0 Å². The van der Waals surface area contributed by atoms with Crippen LogP contribution in [0.3, 0.4) is 0 Å². The molecule has 2 aromatic carbocycles. The van der Waals surface area contributed by atoms with E-state index < -0.39 is 23.2 Å². The lowest BCUT2D eigenvalue weighted by molar-refractivity contribution is -0.384. The van der Waals surface area contributed by atoms with E-state index in [4.69, 9.17) is 27.9 Å². The van der Waals surface area contributed by atoms with Crippen molar-refractivity contribution >= 4 is 35.0 Å². The Morgan fingerprint density at radius 2 is 1.73 bits per heavy atom. The summed E-state index contributed by atoms with van der Waals surface area (Å²) in [5, 5.41) is 12.2. The van der Waals surface area contributed by atoms with Crippen LogP contribution in [0.15, 0.2) is 42.5 Å². The number of nitro groups is 1. The van der Waals surface area contributed by atoms with Gasteiger partial charge in [0.25, 0.3) is 5.69 Å². The minimum Gasteiger partial charge on any atom is -0.410 e. The Labute approximate surface area is 154 Å². The summed E-state index contributed by atoms with van der Waals surface area (Å²) in [5.74, 6) is -0.164. The van der Waals surface area contributed by atoms with Gasteiger partial charge in [-0.25, -0.2) is 4.79 Å². The number of ether oxygens (including phenoxy) is 1. The minimum atomic E-state index is -4.83. The molecule has 0 aliphatic heterocycles. The molecule has 1 N–H and O–H groups in total. The van der Waals surface area contributed by atoms with Crippen LogP contribution in [0.2, 0.25) is 10.0 Å². The lowest BCUT2D eigenvalue weighted by Gasteiger charge is -2.22. The third-order valence-electron chi connectivity index (χ3n) is 3.12. The van der Waals surface area contributed by atoms with E-state index in [0.717, 1.165) is 36.4 Å². The average molecular weight is 409 g/mol. The van der Waals surface area contributed by atoms with Crippen LogP contribution in [-0.4, -0.2) is 17.2 Å². The largest absolute Gasteiger partial charge is 0.413 e. The Morgan fingerprint density at radius 1 is 1.12 bits per heavy atom. The Kier molecular flexibility index (Phi) is 5.94. The molecule has 0 aromatic heterocycles. The van der Waals surface area contributed by atoms with Gasteiger partial charge >= 0.3 is 12.3 Å². The fraction of sp³-hybridized carbons (Fsp3) is 0.133. The molecule has 0 fully saturated rings. The molecule has 1 amide bonds. The lowest BCUT2D eigenvalue weighted by Crippen LogP contribution is -2.39. The molecule has 0 radical (unpaired) electrons. The van der Waals surface area contributed by atoms with Gasteiger partial charge in [0.2, 0.25) is 0 Å². The number of hydrogen-bond donors (Lipinski definition) is 1. The van der Waals surface area contributed by atoms with Crippen molar-refractivity contribution in [2.24, 2.45) is 0 Å². The Bertz CT molecular complexity index is 829. The molecular formula is C15H9Cl2F3N2O4. The zero-order valence-electron chi connectivity index (χ0n) is 12.6. The van der Waals surface area contributed by atoms with Crippen LogP contribution < -0.4 is 10.1 Å². The Morgan fingerprint density at radius 3 is 2.23 bits per heavy atom. The first-order valence-electron chi connectivity index (χ1n) is 6.82. The first kappa shape index (κ1) is 19.8. The van der Waals surface area contributed by atoms with Crippen LogP contribution in [0.4, 0.5) is 23.7 Å². The third-order valence-corrected chi connectivity index (χ3v) is 3.86. The van der Waals surface area contributed by atoms with Gasteiger partial charge in [0.15, 0.2) is 6.04 Å². The van der Waals surface area contributed by atoms with E-state index in [1.165, 1.54) is 6.07 Å². The summed E-state index contributed by atoms with van der Waals surface area (Å²) in [7, 11) is 0. The molecule has 0 aliphatic rings. The van der Waals surface area contributed by atoms with Gasteiger partial charge < -0.3 is 10.1 Å². The number of non-ortho nitro benzene ring substituents is 1. The highest BCUT2D eigenvalue weighted by Crippen LogP contribution is 2.35. The van der Waals surface area contributed by atoms with Gasteiger partial charge in [-0.15, -0.1) is 0 Å². The summed E-state index contributed by atoms with van der Waals surface area (Å²) in [6.07, 6.45) is -6.22. The van der Waals surface area contributed by atoms with Gasteiger partial charge in [0.1, 0.15) is 5.75 Å². The van der Waals surface area contributed by atoms with Gasteiger partial charge in [0, 0.05) is 12.1 Å². The highest BCUT2D eigenvalue weighted by molar-refractivity contribution is 6.42. The van der Waals surface area contributed by atoms with Gasteiger partial charge in [-0.3, -0.25) is 10.1 Å². The normalized spacial score (nSPS) is 12.3. The molecule has 1 atom stereocenters. The number of alkyl halides is 3. The number of nitrogens with one attached hydrogen (secondary N) is 1. The van der Waals surface area contributed by atoms with E-state index in [1.54, 1.807) is 5.32 Å². The summed E-state index contributed by atoms with van der Waals surface area (Å²) in [4.78, 5) is 21.7.